The zero-order chi connectivity index (χ0) is 13.4. The van der Waals surface area contributed by atoms with Crippen molar-refractivity contribution in [2.24, 2.45) is 0 Å². The van der Waals surface area contributed by atoms with Crippen LogP contribution in [0.3, 0.4) is 0 Å². The first-order chi connectivity index (χ1) is 9.20. The molecule has 0 fully saturated rings. The standard InChI is InChI=1S/C15H14N2S2/c1-3-11-9(2)19-15-12(11)14(18)16-13(17-15)10-7-5-4-6-8-10/h4-8H,3H2,1-2H3,(H,16,17,18). The fourth-order valence-corrected chi connectivity index (χ4v) is 3.84. The third-order valence-corrected chi connectivity index (χ3v) is 4.61. The fraction of sp³-hybridized carbons (Fsp3) is 0.200. The van der Waals surface area contributed by atoms with Gasteiger partial charge in [0.1, 0.15) is 15.3 Å². The largest absolute Gasteiger partial charge is 0.330 e. The van der Waals surface area contributed by atoms with Crippen molar-refractivity contribution < 1.29 is 0 Å². The van der Waals surface area contributed by atoms with Crippen molar-refractivity contribution in [3.05, 3.63) is 45.4 Å². The number of fused-ring (bicyclic) bond motifs is 1. The zero-order valence-electron chi connectivity index (χ0n) is 10.9. The number of benzene rings is 1. The molecule has 2 heterocycles. The van der Waals surface area contributed by atoms with E-state index in [0.717, 1.165) is 32.7 Å². The molecule has 0 unspecified atom stereocenters. The summed E-state index contributed by atoms with van der Waals surface area (Å²) in [5, 5.41) is 1.12. The summed E-state index contributed by atoms with van der Waals surface area (Å²) in [6, 6.07) is 10.1. The number of aromatic nitrogens is 2. The van der Waals surface area contributed by atoms with Crippen molar-refractivity contribution in [1.82, 2.24) is 9.97 Å². The smallest absolute Gasteiger partial charge is 0.140 e. The molecular formula is C15H14N2S2. The number of aryl methyl sites for hydroxylation is 2. The van der Waals surface area contributed by atoms with E-state index in [-0.39, 0.29) is 0 Å². The minimum Gasteiger partial charge on any atom is -0.330 e. The average Bonchev–Trinajstić information content (AvgIpc) is 2.75. The lowest BCUT2D eigenvalue weighted by atomic mass is 10.1. The predicted molar refractivity (Wildman–Crippen MR) is 84.4 cm³/mol. The second-order valence-electron chi connectivity index (χ2n) is 4.45. The number of nitrogens with one attached hydrogen (secondary N) is 1. The van der Waals surface area contributed by atoms with Crippen LogP contribution < -0.4 is 0 Å². The normalized spacial score (nSPS) is 11.1. The van der Waals surface area contributed by atoms with Gasteiger partial charge in [-0.25, -0.2) is 4.98 Å². The maximum Gasteiger partial charge on any atom is 0.140 e. The molecule has 0 amide bonds. The maximum absolute atomic E-state index is 5.52. The molecule has 0 aliphatic heterocycles. The number of hydrogen-bond donors (Lipinski definition) is 1. The summed E-state index contributed by atoms with van der Waals surface area (Å²) < 4.78 is 0.796. The van der Waals surface area contributed by atoms with Gasteiger partial charge in [0.2, 0.25) is 0 Å². The molecule has 1 aromatic carbocycles. The molecular weight excluding hydrogens is 272 g/mol. The quantitative estimate of drug-likeness (QED) is 0.679. The Morgan fingerprint density at radius 3 is 2.68 bits per heavy atom. The molecule has 3 aromatic rings. The number of rotatable bonds is 2. The first-order valence-electron chi connectivity index (χ1n) is 6.28. The molecule has 3 rings (SSSR count). The topological polar surface area (TPSA) is 28.7 Å². The van der Waals surface area contributed by atoms with Crippen molar-refractivity contribution >= 4 is 33.8 Å². The number of aromatic amines is 1. The van der Waals surface area contributed by atoms with Crippen LogP contribution in [0, 0.1) is 11.6 Å². The minimum absolute atomic E-state index is 0.796. The Hall–Kier alpha value is -1.52. The summed E-state index contributed by atoms with van der Waals surface area (Å²) in [6.07, 6.45) is 0.996. The molecule has 1 N–H and O–H groups in total. The summed E-state index contributed by atoms with van der Waals surface area (Å²) in [6.45, 7) is 4.30. The van der Waals surface area contributed by atoms with E-state index in [9.17, 15) is 0 Å². The van der Waals surface area contributed by atoms with Crippen LogP contribution in [0.1, 0.15) is 17.4 Å². The summed E-state index contributed by atoms with van der Waals surface area (Å²) in [4.78, 5) is 10.4. The van der Waals surface area contributed by atoms with Crippen molar-refractivity contribution in [1.29, 1.82) is 0 Å². The Bertz CT molecular complexity index is 785. The molecule has 0 saturated carbocycles. The molecule has 0 saturated heterocycles. The van der Waals surface area contributed by atoms with Gasteiger partial charge in [0.25, 0.3) is 0 Å². The van der Waals surface area contributed by atoms with Crippen molar-refractivity contribution in [3.8, 4) is 11.4 Å². The molecule has 2 nitrogen and oxygen atoms in total. The molecule has 2 aromatic heterocycles. The monoisotopic (exact) mass is 286 g/mol. The molecule has 19 heavy (non-hydrogen) atoms. The van der Waals surface area contributed by atoms with Gasteiger partial charge in [-0.05, 0) is 18.9 Å². The second-order valence-corrected chi connectivity index (χ2v) is 6.06. The van der Waals surface area contributed by atoms with E-state index in [1.807, 2.05) is 30.3 Å². The fourth-order valence-electron chi connectivity index (χ4n) is 2.33. The lowest BCUT2D eigenvalue weighted by Gasteiger charge is -2.02. The van der Waals surface area contributed by atoms with Gasteiger partial charge in [-0.3, -0.25) is 0 Å². The van der Waals surface area contributed by atoms with Crippen LogP contribution >= 0.6 is 23.6 Å². The van der Waals surface area contributed by atoms with Gasteiger partial charge in [-0.1, -0.05) is 49.5 Å². The lowest BCUT2D eigenvalue weighted by Crippen LogP contribution is -1.90. The highest BCUT2D eigenvalue weighted by Gasteiger charge is 2.12. The van der Waals surface area contributed by atoms with Crippen LogP contribution in [-0.4, -0.2) is 9.97 Å². The summed E-state index contributed by atoms with van der Waals surface area (Å²) in [5.74, 6) is 0.849. The van der Waals surface area contributed by atoms with Crippen molar-refractivity contribution in [2.45, 2.75) is 20.3 Å². The van der Waals surface area contributed by atoms with E-state index in [4.69, 9.17) is 17.2 Å². The highest BCUT2D eigenvalue weighted by atomic mass is 32.1. The zero-order valence-corrected chi connectivity index (χ0v) is 12.5. The second kappa shape index (κ2) is 4.87. The molecule has 96 valence electrons. The number of H-pyrrole nitrogens is 1. The summed E-state index contributed by atoms with van der Waals surface area (Å²) in [7, 11) is 0. The van der Waals surface area contributed by atoms with Gasteiger partial charge in [-0.15, -0.1) is 11.3 Å². The van der Waals surface area contributed by atoms with Crippen LogP contribution in [0.2, 0.25) is 0 Å². The maximum atomic E-state index is 5.52. The van der Waals surface area contributed by atoms with E-state index >= 15 is 0 Å². The van der Waals surface area contributed by atoms with Crippen LogP contribution in [0.25, 0.3) is 21.6 Å². The SMILES string of the molecule is CCc1c(C)sc2nc(-c3ccccc3)[nH]c(=S)c12. The lowest BCUT2D eigenvalue weighted by molar-refractivity contribution is 1.14. The van der Waals surface area contributed by atoms with Gasteiger partial charge in [0, 0.05) is 15.8 Å². The molecule has 0 aliphatic carbocycles. The molecule has 4 heteroatoms. The van der Waals surface area contributed by atoms with Gasteiger partial charge >= 0.3 is 0 Å². The van der Waals surface area contributed by atoms with E-state index < -0.39 is 0 Å². The Labute approximate surface area is 121 Å². The molecule has 0 aliphatic rings. The van der Waals surface area contributed by atoms with Gasteiger partial charge in [0.05, 0.1) is 0 Å². The number of hydrogen-bond acceptors (Lipinski definition) is 3. The molecule has 0 spiro atoms. The Morgan fingerprint density at radius 2 is 2.00 bits per heavy atom. The predicted octanol–water partition coefficient (Wildman–Crippen LogP) is 4.89. The van der Waals surface area contributed by atoms with Gasteiger partial charge in [-0.2, -0.15) is 0 Å². The van der Waals surface area contributed by atoms with Gasteiger partial charge in [0.15, 0.2) is 0 Å². The van der Waals surface area contributed by atoms with E-state index in [0.29, 0.717) is 0 Å². The Balaban J connectivity index is 2.30. The van der Waals surface area contributed by atoms with Gasteiger partial charge < -0.3 is 4.98 Å². The highest BCUT2D eigenvalue weighted by molar-refractivity contribution is 7.71. The van der Waals surface area contributed by atoms with Crippen molar-refractivity contribution in [3.63, 3.8) is 0 Å². The number of thiophene rings is 1. The molecule has 0 atom stereocenters. The highest BCUT2D eigenvalue weighted by Crippen LogP contribution is 2.31. The van der Waals surface area contributed by atoms with Crippen LogP contribution in [0.4, 0.5) is 0 Å². The Kier molecular flexibility index (Phi) is 3.21. The number of nitrogens with zero attached hydrogens (tertiary/aromatic N) is 1. The minimum atomic E-state index is 0.796. The molecule has 0 radical (unpaired) electrons. The summed E-state index contributed by atoms with van der Waals surface area (Å²) >= 11 is 7.25. The third-order valence-electron chi connectivity index (χ3n) is 3.26. The average molecular weight is 286 g/mol. The molecule has 0 bridgehead atoms. The van der Waals surface area contributed by atoms with E-state index in [2.05, 4.69) is 18.8 Å². The van der Waals surface area contributed by atoms with E-state index in [1.54, 1.807) is 11.3 Å². The van der Waals surface area contributed by atoms with Crippen LogP contribution in [0.15, 0.2) is 30.3 Å². The first kappa shape index (κ1) is 12.5. The Morgan fingerprint density at radius 1 is 1.26 bits per heavy atom. The van der Waals surface area contributed by atoms with E-state index in [1.165, 1.54) is 10.4 Å². The van der Waals surface area contributed by atoms with Crippen LogP contribution in [0.5, 0.6) is 0 Å². The first-order valence-corrected chi connectivity index (χ1v) is 7.51. The summed E-state index contributed by atoms with van der Waals surface area (Å²) in [5.41, 5.74) is 2.40. The van der Waals surface area contributed by atoms with Crippen molar-refractivity contribution in [2.75, 3.05) is 0 Å². The third kappa shape index (κ3) is 2.11. The van der Waals surface area contributed by atoms with Crippen LogP contribution in [-0.2, 0) is 6.42 Å².